The molecule has 0 radical (unpaired) electrons. The Morgan fingerprint density at radius 3 is 2.25 bits per heavy atom. The molecule has 3 aliphatic carbocycles. The first-order valence-corrected chi connectivity index (χ1v) is 13.8. The van der Waals surface area contributed by atoms with Crippen LogP contribution in [0.1, 0.15) is 70.6 Å². The Balaban J connectivity index is 1.36. The molecule has 2 amide bonds. The molecule has 9 heteroatoms. The van der Waals surface area contributed by atoms with Crippen molar-refractivity contribution in [2.24, 2.45) is 11.8 Å². The fourth-order valence-electron chi connectivity index (χ4n) is 4.97. The number of rotatable bonds is 10. The van der Waals surface area contributed by atoms with Gasteiger partial charge in [0.15, 0.2) is 5.37 Å². The first-order valence-electron chi connectivity index (χ1n) is 12.0. The fraction of sp³-hybridized carbons (Fsp3) is 0.783. The number of thiazole rings is 1. The SMILES string of the molecule is O=C(O)C(NC(=O)N(C1CCCCC1)[C@H]1CC[C@H](COCC2CC2)CC1)Sc1cncs1. The maximum absolute atomic E-state index is 13.4. The Morgan fingerprint density at radius 2 is 1.69 bits per heavy atom. The molecule has 178 valence electrons. The van der Waals surface area contributed by atoms with E-state index in [0.29, 0.717) is 5.92 Å². The molecule has 1 aromatic heterocycles. The molecule has 7 nitrogen and oxygen atoms in total. The van der Waals surface area contributed by atoms with E-state index in [2.05, 4.69) is 10.3 Å². The highest BCUT2D eigenvalue weighted by Crippen LogP contribution is 2.34. The number of amides is 2. The van der Waals surface area contributed by atoms with Crippen LogP contribution in [0.5, 0.6) is 0 Å². The third-order valence-electron chi connectivity index (χ3n) is 6.94. The monoisotopic (exact) mass is 481 g/mol. The van der Waals surface area contributed by atoms with Gasteiger partial charge >= 0.3 is 12.0 Å². The van der Waals surface area contributed by atoms with Crippen LogP contribution in [-0.2, 0) is 9.53 Å². The lowest BCUT2D eigenvalue weighted by molar-refractivity contribution is -0.136. The molecular weight excluding hydrogens is 446 g/mol. The number of carbonyl (C=O) groups excluding carboxylic acids is 1. The summed E-state index contributed by atoms with van der Waals surface area (Å²) in [7, 11) is 0. The largest absolute Gasteiger partial charge is 0.479 e. The van der Waals surface area contributed by atoms with E-state index in [1.54, 1.807) is 11.7 Å². The molecule has 1 heterocycles. The molecule has 32 heavy (non-hydrogen) atoms. The quantitative estimate of drug-likeness (QED) is 0.362. The second kappa shape index (κ2) is 11.7. The molecule has 2 N–H and O–H groups in total. The fourth-order valence-corrected chi connectivity index (χ4v) is 6.57. The number of thioether (sulfide) groups is 1. The van der Waals surface area contributed by atoms with Gasteiger partial charge in [-0.2, -0.15) is 0 Å². The number of nitrogens with one attached hydrogen (secondary N) is 1. The van der Waals surface area contributed by atoms with E-state index in [0.717, 1.165) is 86.5 Å². The Morgan fingerprint density at radius 1 is 1.06 bits per heavy atom. The first-order chi connectivity index (χ1) is 15.6. The Labute approximate surface area is 198 Å². The van der Waals surface area contributed by atoms with Crippen LogP contribution < -0.4 is 5.32 Å². The summed E-state index contributed by atoms with van der Waals surface area (Å²) in [6.45, 7) is 1.75. The van der Waals surface area contributed by atoms with Crippen LogP contribution in [0.15, 0.2) is 15.9 Å². The van der Waals surface area contributed by atoms with Gasteiger partial charge in [0.25, 0.3) is 0 Å². The van der Waals surface area contributed by atoms with Crippen molar-refractivity contribution < 1.29 is 19.4 Å². The molecule has 0 aliphatic heterocycles. The normalized spacial score (nSPS) is 25.2. The number of ether oxygens (including phenoxy) is 1. The summed E-state index contributed by atoms with van der Waals surface area (Å²) in [6, 6.07) is 0.162. The van der Waals surface area contributed by atoms with Crippen LogP contribution in [0.4, 0.5) is 4.79 Å². The van der Waals surface area contributed by atoms with Gasteiger partial charge in [-0.15, -0.1) is 11.3 Å². The third kappa shape index (κ3) is 6.84. The van der Waals surface area contributed by atoms with Gasteiger partial charge in [0.05, 0.1) is 15.9 Å². The number of hydrogen-bond acceptors (Lipinski definition) is 6. The number of aromatic nitrogens is 1. The molecule has 0 bridgehead atoms. The Hall–Kier alpha value is -1.32. The van der Waals surface area contributed by atoms with Crippen molar-refractivity contribution in [3.63, 3.8) is 0 Å². The van der Waals surface area contributed by atoms with E-state index in [9.17, 15) is 14.7 Å². The van der Waals surface area contributed by atoms with Gasteiger partial charge in [-0.25, -0.2) is 9.59 Å². The van der Waals surface area contributed by atoms with Gasteiger partial charge < -0.3 is 20.1 Å². The minimum Gasteiger partial charge on any atom is -0.479 e. The van der Waals surface area contributed by atoms with E-state index >= 15 is 0 Å². The van der Waals surface area contributed by atoms with Crippen molar-refractivity contribution in [3.8, 4) is 0 Å². The molecule has 0 saturated heterocycles. The zero-order chi connectivity index (χ0) is 22.3. The van der Waals surface area contributed by atoms with Crippen LogP contribution >= 0.6 is 23.1 Å². The van der Waals surface area contributed by atoms with Crippen molar-refractivity contribution >= 4 is 35.1 Å². The number of aliphatic carboxylic acids is 1. The van der Waals surface area contributed by atoms with E-state index in [4.69, 9.17) is 4.74 Å². The second-order valence-electron chi connectivity index (χ2n) is 9.46. The zero-order valence-corrected chi connectivity index (χ0v) is 20.2. The summed E-state index contributed by atoms with van der Waals surface area (Å²) < 4.78 is 6.71. The van der Waals surface area contributed by atoms with Crippen LogP contribution in [-0.4, -0.2) is 57.7 Å². The number of carboxylic acids is 1. The number of carboxylic acid groups (broad SMARTS) is 1. The van der Waals surface area contributed by atoms with Crippen molar-refractivity contribution in [2.75, 3.05) is 13.2 Å². The van der Waals surface area contributed by atoms with E-state index in [1.165, 1.54) is 30.6 Å². The molecule has 1 aromatic rings. The third-order valence-corrected chi connectivity index (χ3v) is 8.97. The van der Waals surface area contributed by atoms with Crippen molar-refractivity contribution in [1.82, 2.24) is 15.2 Å². The summed E-state index contributed by atoms with van der Waals surface area (Å²) in [6.07, 6.45) is 13.9. The molecular formula is C23H35N3O4S2. The minimum atomic E-state index is -1.03. The van der Waals surface area contributed by atoms with E-state index < -0.39 is 11.3 Å². The smallest absolute Gasteiger partial charge is 0.337 e. The molecule has 0 spiro atoms. The molecule has 3 fully saturated rings. The van der Waals surface area contributed by atoms with Crippen molar-refractivity contribution in [3.05, 3.63) is 11.7 Å². The van der Waals surface area contributed by atoms with Crippen molar-refractivity contribution in [1.29, 1.82) is 0 Å². The van der Waals surface area contributed by atoms with E-state index in [1.807, 2.05) is 4.90 Å². The summed E-state index contributed by atoms with van der Waals surface area (Å²) in [4.78, 5) is 31.3. The minimum absolute atomic E-state index is 0.181. The molecule has 3 aliphatic rings. The predicted molar refractivity (Wildman–Crippen MR) is 126 cm³/mol. The highest BCUT2D eigenvalue weighted by atomic mass is 32.2. The Bertz CT molecular complexity index is 730. The highest BCUT2D eigenvalue weighted by Gasteiger charge is 2.36. The summed E-state index contributed by atoms with van der Waals surface area (Å²) in [5, 5.41) is 11.5. The number of hydrogen-bond donors (Lipinski definition) is 2. The number of carbonyl (C=O) groups is 2. The summed E-state index contributed by atoms with van der Waals surface area (Å²) >= 11 is 2.52. The van der Waals surface area contributed by atoms with Gasteiger partial charge in [0, 0.05) is 25.3 Å². The zero-order valence-electron chi connectivity index (χ0n) is 18.6. The molecule has 1 unspecified atom stereocenters. The van der Waals surface area contributed by atoms with Crippen molar-refractivity contribution in [2.45, 2.75) is 92.3 Å². The van der Waals surface area contributed by atoms with Gasteiger partial charge in [0.2, 0.25) is 0 Å². The predicted octanol–water partition coefficient (Wildman–Crippen LogP) is 4.98. The second-order valence-corrected chi connectivity index (χ2v) is 11.8. The van der Waals surface area contributed by atoms with Crippen LogP contribution in [0.2, 0.25) is 0 Å². The molecule has 3 saturated carbocycles. The van der Waals surface area contributed by atoms with Gasteiger partial charge in [-0.3, -0.25) is 4.98 Å². The lowest BCUT2D eigenvalue weighted by Crippen LogP contribution is -2.55. The standard InChI is InChI=1S/C23H35N3O4S2/c27-22(28)21(32-20-12-24-15-31-20)25-23(29)26(18-4-2-1-3-5-18)19-10-8-17(9-11-19)14-30-13-16-6-7-16/h12,15-19,21H,1-11,13-14H2,(H,25,29)(H,27,28)/t17-,19-,21?. The average molecular weight is 482 g/mol. The average Bonchev–Trinajstić information content (AvgIpc) is 3.48. The molecule has 1 atom stereocenters. The van der Waals surface area contributed by atoms with E-state index in [-0.39, 0.29) is 18.1 Å². The first kappa shape index (κ1) is 23.8. The molecule has 4 rings (SSSR count). The summed E-state index contributed by atoms with van der Waals surface area (Å²) in [5.74, 6) is 0.341. The maximum Gasteiger partial charge on any atom is 0.337 e. The highest BCUT2D eigenvalue weighted by molar-refractivity contribution is 8.02. The number of urea groups is 1. The van der Waals surface area contributed by atoms with Gasteiger partial charge in [0.1, 0.15) is 0 Å². The topological polar surface area (TPSA) is 91.8 Å². The van der Waals surface area contributed by atoms with Gasteiger partial charge in [-0.05, 0) is 63.2 Å². The lowest BCUT2D eigenvalue weighted by Gasteiger charge is -2.43. The number of nitrogens with zero attached hydrogens (tertiary/aromatic N) is 2. The van der Waals surface area contributed by atoms with Crippen LogP contribution in [0.3, 0.4) is 0 Å². The van der Waals surface area contributed by atoms with Gasteiger partial charge in [-0.1, -0.05) is 31.0 Å². The van der Waals surface area contributed by atoms with Crippen LogP contribution in [0.25, 0.3) is 0 Å². The lowest BCUT2D eigenvalue weighted by atomic mass is 9.84. The summed E-state index contributed by atoms with van der Waals surface area (Å²) in [5.41, 5.74) is 1.67. The molecule has 0 aromatic carbocycles. The Kier molecular flexibility index (Phi) is 8.71. The maximum atomic E-state index is 13.4. The van der Waals surface area contributed by atoms with Crippen LogP contribution in [0, 0.1) is 11.8 Å².